The molecule has 102 valence electrons. The summed E-state index contributed by atoms with van der Waals surface area (Å²) >= 11 is 0. The zero-order chi connectivity index (χ0) is 14.6. The van der Waals surface area contributed by atoms with Crippen LogP contribution in [0.4, 0.5) is 5.69 Å². The number of hydrogen-bond acceptors (Lipinski definition) is 5. The van der Waals surface area contributed by atoms with E-state index in [4.69, 9.17) is 4.74 Å². The first-order valence-corrected chi connectivity index (χ1v) is 5.76. The molecule has 0 spiro atoms. The number of ether oxygens (including phenoxy) is 1. The van der Waals surface area contributed by atoms with Crippen LogP contribution in [0, 0.1) is 17.0 Å². The van der Waals surface area contributed by atoms with Gasteiger partial charge in [0.15, 0.2) is 0 Å². The Kier molecular flexibility index (Phi) is 4.57. The maximum atomic E-state index is 11.8. The second-order valence-corrected chi connectivity index (χ2v) is 3.43. The van der Waals surface area contributed by atoms with Gasteiger partial charge >= 0.3 is 5.69 Å². The fourth-order valence-electron chi connectivity index (χ4n) is 1.59. The van der Waals surface area contributed by atoms with Crippen LogP contribution in [0.25, 0.3) is 11.0 Å². The molecule has 2 aromatic heterocycles. The molecule has 0 fully saturated rings. The quantitative estimate of drug-likeness (QED) is 0.662. The van der Waals surface area contributed by atoms with Crippen molar-refractivity contribution in [3.05, 3.63) is 38.2 Å². The molecule has 0 aromatic carbocycles. The molecular formula is C12H15N3O4. The SMILES string of the molecule is CC.COc1ccc2c(=O)c([N+](=O)[O-])c(C)[nH]c2n1. The van der Waals surface area contributed by atoms with Gasteiger partial charge < -0.3 is 9.72 Å². The predicted octanol–water partition coefficient (Wildman–Crippen LogP) is 2.17. The molecule has 7 heteroatoms. The normalized spacial score (nSPS) is 9.68. The molecule has 0 aliphatic heterocycles. The predicted molar refractivity (Wildman–Crippen MR) is 71.7 cm³/mol. The molecule has 0 aliphatic carbocycles. The summed E-state index contributed by atoms with van der Waals surface area (Å²) in [5.74, 6) is 0.335. The van der Waals surface area contributed by atoms with Gasteiger partial charge in [-0.25, -0.2) is 0 Å². The van der Waals surface area contributed by atoms with Gasteiger partial charge in [-0.05, 0) is 13.0 Å². The van der Waals surface area contributed by atoms with Crippen molar-refractivity contribution in [3.8, 4) is 5.88 Å². The lowest BCUT2D eigenvalue weighted by Gasteiger charge is -2.03. The highest BCUT2D eigenvalue weighted by atomic mass is 16.6. The molecule has 0 atom stereocenters. The maximum absolute atomic E-state index is 11.8. The van der Waals surface area contributed by atoms with Crippen molar-refractivity contribution in [2.45, 2.75) is 20.8 Å². The van der Waals surface area contributed by atoms with E-state index in [1.165, 1.54) is 26.2 Å². The smallest absolute Gasteiger partial charge is 0.335 e. The Morgan fingerprint density at radius 2 is 2.00 bits per heavy atom. The number of aryl methyl sites for hydroxylation is 1. The topological polar surface area (TPSA) is 98.1 Å². The Balaban J connectivity index is 0.000000861. The van der Waals surface area contributed by atoms with Crippen molar-refractivity contribution in [1.82, 2.24) is 9.97 Å². The van der Waals surface area contributed by atoms with Crippen molar-refractivity contribution in [1.29, 1.82) is 0 Å². The number of fused-ring (bicyclic) bond motifs is 1. The van der Waals surface area contributed by atoms with Gasteiger partial charge in [0, 0.05) is 6.07 Å². The Morgan fingerprint density at radius 3 is 2.53 bits per heavy atom. The van der Waals surface area contributed by atoms with Crippen LogP contribution in [0.5, 0.6) is 5.88 Å². The van der Waals surface area contributed by atoms with Gasteiger partial charge in [-0.15, -0.1) is 0 Å². The van der Waals surface area contributed by atoms with E-state index < -0.39 is 16.0 Å². The third-order valence-electron chi connectivity index (χ3n) is 2.38. The number of aromatic nitrogens is 2. The standard InChI is InChI=1S/C10H9N3O4.C2H6/c1-5-8(13(15)16)9(14)6-3-4-7(17-2)12-10(6)11-5;1-2/h3-4H,1-2H3,(H,11,12,14);1-2H3. The Bertz CT molecular complexity index is 664. The van der Waals surface area contributed by atoms with Gasteiger partial charge in [0.2, 0.25) is 5.88 Å². The van der Waals surface area contributed by atoms with Crippen LogP contribution in [0.15, 0.2) is 16.9 Å². The van der Waals surface area contributed by atoms with E-state index in [-0.39, 0.29) is 16.7 Å². The monoisotopic (exact) mass is 265 g/mol. The molecule has 0 bridgehead atoms. The van der Waals surface area contributed by atoms with Crippen LogP contribution >= 0.6 is 0 Å². The summed E-state index contributed by atoms with van der Waals surface area (Å²) in [6, 6.07) is 2.93. The van der Waals surface area contributed by atoms with E-state index in [2.05, 4.69) is 9.97 Å². The lowest BCUT2D eigenvalue weighted by molar-refractivity contribution is -0.386. The lowest BCUT2D eigenvalue weighted by atomic mass is 10.2. The zero-order valence-electron chi connectivity index (χ0n) is 11.2. The summed E-state index contributed by atoms with van der Waals surface area (Å²) in [7, 11) is 1.45. The second kappa shape index (κ2) is 5.94. The first-order chi connectivity index (χ1) is 9.04. The molecule has 0 saturated carbocycles. The summed E-state index contributed by atoms with van der Waals surface area (Å²) in [4.78, 5) is 28.6. The van der Waals surface area contributed by atoms with Gasteiger partial charge in [-0.1, -0.05) is 13.8 Å². The number of nitrogens with one attached hydrogen (secondary N) is 1. The van der Waals surface area contributed by atoms with E-state index in [9.17, 15) is 14.9 Å². The molecule has 0 radical (unpaired) electrons. The highest BCUT2D eigenvalue weighted by Crippen LogP contribution is 2.17. The molecule has 0 unspecified atom stereocenters. The number of nitro groups is 1. The highest BCUT2D eigenvalue weighted by Gasteiger charge is 2.19. The summed E-state index contributed by atoms with van der Waals surface area (Å²) in [5, 5.41) is 10.9. The van der Waals surface area contributed by atoms with E-state index in [0.29, 0.717) is 5.88 Å². The first kappa shape index (κ1) is 14.6. The molecule has 0 saturated heterocycles. The van der Waals surface area contributed by atoms with Crippen molar-refractivity contribution < 1.29 is 9.66 Å². The first-order valence-electron chi connectivity index (χ1n) is 5.76. The summed E-state index contributed by atoms with van der Waals surface area (Å²) < 4.78 is 4.91. The molecular weight excluding hydrogens is 250 g/mol. The van der Waals surface area contributed by atoms with E-state index in [1.54, 1.807) is 0 Å². The summed E-state index contributed by atoms with van der Waals surface area (Å²) in [6.45, 7) is 5.46. The molecule has 1 N–H and O–H groups in total. The molecule has 0 aliphatic rings. The molecule has 19 heavy (non-hydrogen) atoms. The third kappa shape index (κ3) is 2.70. The summed E-state index contributed by atoms with van der Waals surface area (Å²) in [6.07, 6.45) is 0. The van der Waals surface area contributed by atoms with E-state index in [1.807, 2.05) is 13.8 Å². The van der Waals surface area contributed by atoms with E-state index in [0.717, 1.165) is 0 Å². The van der Waals surface area contributed by atoms with Gasteiger partial charge in [-0.2, -0.15) is 4.98 Å². The molecule has 7 nitrogen and oxygen atoms in total. The molecule has 2 aromatic rings. The fraction of sp³-hybridized carbons (Fsp3) is 0.333. The van der Waals surface area contributed by atoms with Gasteiger partial charge in [0.1, 0.15) is 5.65 Å². The maximum Gasteiger partial charge on any atom is 0.335 e. The fourth-order valence-corrected chi connectivity index (χ4v) is 1.59. The Labute approximate surface area is 109 Å². The number of rotatable bonds is 2. The van der Waals surface area contributed by atoms with Crippen LogP contribution in [0.2, 0.25) is 0 Å². The van der Waals surface area contributed by atoms with E-state index >= 15 is 0 Å². The van der Waals surface area contributed by atoms with Crippen LogP contribution in [-0.2, 0) is 0 Å². The average Bonchev–Trinajstić information content (AvgIpc) is 2.39. The number of pyridine rings is 2. The number of hydrogen-bond donors (Lipinski definition) is 1. The average molecular weight is 265 g/mol. The molecule has 2 heterocycles. The number of H-pyrrole nitrogens is 1. The third-order valence-corrected chi connectivity index (χ3v) is 2.38. The van der Waals surface area contributed by atoms with Gasteiger partial charge in [0.05, 0.1) is 23.1 Å². The highest BCUT2D eigenvalue weighted by molar-refractivity contribution is 5.78. The lowest BCUT2D eigenvalue weighted by Crippen LogP contribution is -2.12. The molecule has 2 rings (SSSR count). The number of methoxy groups -OCH3 is 1. The number of nitrogens with zero attached hydrogens (tertiary/aromatic N) is 2. The van der Waals surface area contributed by atoms with Crippen molar-refractivity contribution in [3.63, 3.8) is 0 Å². The number of aromatic amines is 1. The van der Waals surface area contributed by atoms with Crippen LogP contribution < -0.4 is 10.2 Å². The summed E-state index contributed by atoms with van der Waals surface area (Å²) in [5.41, 5.74) is -0.647. The van der Waals surface area contributed by atoms with Crippen LogP contribution in [0.3, 0.4) is 0 Å². The minimum atomic E-state index is -0.697. The van der Waals surface area contributed by atoms with Crippen molar-refractivity contribution >= 4 is 16.7 Å². The Morgan fingerprint density at radius 1 is 1.37 bits per heavy atom. The minimum Gasteiger partial charge on any atom is -0.481 e. The largest absolute Gasteiger partial charge is 0.481 e. The van der Waals surface area contributed by atoms with Crippen LogP contribution in [0.1, 0.15) is 19.5 Å². The van der Waals surface area contributed by atoms with Crippen LogP contribution in [-0.4, -0.2) is 22.0 Å². The van der Waals surface area contributed by atoms with Gasteiger partial charge in [-0.3, -0.25) is 14.9 Å². The minimum absolute atomic E-state index is 0.170. The molecule has 0 amide bonds. The zero-order valence-corrected chi connectivity index (χ0v) is 11.2. The second-order valence-electron chi connectivity index (χ2n) is 3.43. The van der Waals surface area contributed by atoms with Gasteiger partial charge in [0.25, 0.3) is 5.43 Å². The Hall–Kier alpha value is -2.44. The van der Waals surface area contributed by atoms with Crippen molar-refractivity contribution in [2.75, 3.05) is 7.11 Å². The van der Waals surface area contributed by atoms with Crippen molar-refractivity contribution in [2.24, 2.45) is 0 Å².